The Morgan fingerprint density at radius 2 is 1.94 bits per heavy atom. The van der Waals surface area contributed by atoms with Crippen LogP contribution in [0.25, 0.3) is 0 Å². The largest absolute Gasteiger partial charge is 0.478 e. The smallest absolute Gasteiger partial charge is 0.337 e. The molecule has 0 aliphatic heterocycles. The Hall–Kier alpha value is -1.70. The van der Waals surface area contributed by atoms with E-state index in [1.54, 1.807) is 0 Å². The number of carboxylic acids is 1. The normalized spacial score (nSPS) is 11.3. The number of halogens is 2. The number of hydrogen-bond donors (Lipinski definition) is 1. The molecule has 0 bridgehead atoms. The predicted octanol–water partition coefficient (Wildman–Crippen LogP) is 1.45. The predicted molar refractivity (Wildman–Crippen MR) is 61.2 cm³/mol. The number of aromatic carboxylic acids is 1. The fraction of sp³-hybridized carbons (Fsp3) is 0.300. The van der Waals surface area contributed by atoms with E-state index in [4.69, 9.17) is 5.11 Å². The summed E-state index contributed by atoms with van der Waals surface area (Å²) in [7, 11) is -3.90. The zero-order chi connectivity index (χ0) is 14.1. The van der Waals surface area contributed by atoms with Crippen molar-refractivity contribution in [2.24, 2.45) is 0 Å². The number of anilines is 1. The molecule has 0 atom stereocenters. The van der Waals surface area contributed by atoms with Gasteiger partial charge in [-0.1, -0.05) is 0 Å². The molecule has 0 aliphatic carbocycles. The van der Waals surface area contributed by atoms with Crippen LogP contribution in [-0.2, 0) is 10.0 Å². The Morgan fingerprint density at radius 1 is 1.39 bits per heavy atom. The molecule has 0 heterocycles. The van der Waals surface area contributed by atoms with Crippen molar-refractivity contribution in [3.8, 4) is 0 Å². The van der Waals surface area contributed by atoms with Crippen molar-refractivity contribution in [2.45, 2.75) is 6.92 Å². The van der Waals surface area contributed by atoms with Gasteiger partial charge in [-0.2, -0.15) is 0 Å². The van der Waals surface area contributed by atoms with Crippen LogP contribution in [0.15, 0.2) is 12.1 Å². The second-order valence-corrected chi connectivity index (χ2v) is 5.40. The fourth-order valence-corrected chi connectivity index (χ4v) is 2.49. The molecule has 0 aromatic heterocycles. The molecule has 0 radical (unpaired) electrons. The third-order valence-electron chi connectivity index (χ3n) is 2.24. The van der Waals surface area contributed by atoms with Crippen LogP contribution in [0.5, 0.6) is 0 Å². The fourth-order valence-electron chi connectivity index (χ4n) is 1.51. The third kappa shape index (κ3) is 2.58. The molecular formula is C10H11F2NO4S. The molecule has 0 fully saturated rings. The van der Waals surface area contributed by atoms with Crippen LogP contribution < -0.4 is 4.31 Å². The number of carboxylic acid groups (broad SMARTS) is 1. The molecule has 0 unspecified atom stereocenters. The van der Waals surface area contributed by atoms with Crippen molar-refractivity contribution in [3.05, 3.63) is 29.3 Å². The highest BCUT2D eigenvalue weighted by molar-refractivity contribution is 7.92. The number of rotatable bonds is 4. The van der Waals surface area contributed by atoms with Crippen molar-refractivity contribution < 1.29 is 27.1 Å². The molecule has 8 heteroatoms. The first kappa shape index (κ1) is 14.4. The van der Waals surface area contributed by atoms with Gasteiger partial charge in [-0.25, -0.2) is 22.0 Å². The van der Waals surface area contributed by atoms with E-state index in [0.29, 0.717) is 10.4 Å². The second kappa shape index (κ2) is 4.89. The minimum Gasteiger partial charge on any atom is -0.478 e. The van der Waals surface area contributed by atoms with E-state index in [1.165, 1.54) is 6.92 Å². The summed E-state index contributed by atoms with van der Waals surface area (Å²) in [6.45, 7) is 1.18. The van der Waals surface area contributed by atoms with E-state index in [0.717, 1.165) is 12.3 Å². The highest BCUT2D eigenvalue weighted by Gasteiger charge is 2.27. The third-order valence-corrected chi connectivity index (χ3v) is 3.48. The van der Waals surface area contributed by atoms with E-state index in [1.807, 2.05) is 0 Å². The first-order chi connectivity index (χ1) is 8.20. The maximum atomic E-state index is 13.6. The Balaban J connectivity index is 3.64. The minimum absolute atomic E-state index is 0.209. The topological polar surface area (TPSA) is 74.7 Å². The van der Waals surface area contributed by atoms with Crippen LogP contribution in [0.4, 0.5) is 14.5 Å². The van der Waals surface area contributed by atoms with Gasteiger partial charge >= 0.3 is 5.97 Å². The van der Waals surface area contributed by atoms with Gasteiger partial charge in [0.15, 0.2) is 11.6 Å². The van der Waals surface area contributed by atoms with Crippen LogP contribution in [0.1, 0.15) is 17.3 Å². The lowest BCUT2D eigenvalue weighted by molar-refractivity contribution is 0.0697. The average Bonchev–Trinajstić information content (AvgIpc) is 2.23. The first-order valence-electron chi connectivity index (χ1n) is 4.89. The molecule has 0 amide bonds. The van der Waals surface area contributed by atoms with Crippen LogP contribution in [0.3, 0.4) is 0 Å². The molecular weight excluding hydrogens is 268 g/mol. The molecule has 18 heavy (non-hydrogen) atoms. The summed E-state index contributed by atoms with van der Waals surface area (Å²) in [5.74, 6) is -4.34. The van der Waals surface area contributed by atoms with Gasteiger partial charge in [-0.15, -0.1) is 0 Å². The van der Waals surface area contributed by atoms with Gasteiger partial charge in [0.2, 0.25) is 10.0 Å². The quantitative estimate of drug-likeness (QED) is 0.905. The van der Waals surface area contributed by atoms with Gasteiger partial charge in [0.05, 0.1) is 11.8 Å². The zero-order valence-electron chi connectivity index (χ0n) is 9.65. The van der Waals surface area contributed by atoms with Gasteiger partial charge in [0.1, 0.15) is 5.69 Å². The highest BCUT2D eigenvalue weighted by Crippen LogP contribution is 2.28. The van der Waals surface area contributed by atoms with E-state index in [9.17, 15) is 22.0 Å². The Bertz CT molecular complexity index is 586. The number of nitrogens with zero attached hydrogens (tertiary/aromatic N) is 1. The average molecular weight is 279 g/mol. The monoisotopic (exact) mass is 279 g/mol. The summed E-state index contributed by atoms with van der Waals surface area (Å²) in [4.78, 5) is 10.9. The van der Waals surface area contributed by atoms with Crippen LogP contribution in [-0.4, -0.2) is 32.3 Å². The lowest BCUT2D eigenvalue weighted by Gasteiger charge is -2.22. The Morgan fingerprint density at radius 3 is 2.33 bits per heavy atom. The first-order valence-corrected chi connectivity index (χ1v) is 6.74. The maximum absolute atomic E-state index is 13.6. The summed E-state index contributed by atoms with van der Waals surface area (Å²) in [6.07, 6.45) is 0.784. The van der Waals surface area contributed by atoms with Crippen molar-refractivity contribution in [1.82, 2.24) is 0 Å². The lowest BCUT2D eigenvalue weighted by Crippen LogP contribution is -2.32. The molecule has 0 spiro atoms. The van der Waals surface area contributed by atoms with Gasteiger partial charge in [0.25, 0.3) is 0 Å². The van der Waals surface area contributed by atoms with Crippen LogP contribution >= 0.6 is 0 Å². The van der Waals surface area contributed by atoms with E-state index in [-0.39, 0.29) is 6.54 Å². The molecule has 1 aromatic carbocycles. The van der Waals surface area contributed by atoms with Crippen molar-refractivity contribution in [3.63, 3.8) is 0 Å². The molecule has 0 saturated heterocycles. The number of hydrogen-bond acceptors (Lipinski definition) is 3. The zero-order valence-corrected chi connectivity index (χ0v) is 10.5. The summed E-state index contributed by atoms with van der Waals surface area (Å²) in [5.41, 5.74) is -1.39. The van der Waals surface area contributed by atoms with Gasteiger partial charge < -0.3 is 5.11 Å². The van der Waals surface area contributed by atoms with Crippen LogP contribution in [0.2, 0.25) is 0 Å². The summed E-state index contributed by atoms with van der Waals surface area (Å²) < 4.78 is 50.2. The number of carbonyl (C=O) groups is 1. The lowest BCUT2D eigenvalue weighted by atomic mass is 10.1. The van der Waals surface area contributed by atoms with Gasteiger partial charge in [-0.05, 0) is 19.1 Å². The molecule has 1 aromatic rings. The molecule has 0 saturated carbocycles. The van der Waals surface area contributed by atoms with Crippen molar-refractivity contribution >= 4 is 21.7 Å². The molecule has 5 nitrogen and oxygen atoms in total. The van der Waals surface area contributed by atoms with Crippen LogP contribution in [0, 0.1) is 11.6 Å². The van der Waals surface area contributed by atoms with E-state index < -0.39 is 38.9 Å². The summed E-state index contributed by atoms with van der Waals surface area (Å²) in [6, 6.07) is 1.46. The molecule has 1 N–H and O–H groups in total. The second-order valence-electron chi connectivity index (χ2n) is 3.49. The molecule has 1 rings (SSSR count). The molecule has 100 valence electrons. The van der Waals surface area contributed by atoms with Gasteiger partial charge in [0, 0.05) is 6.54 Å². The minimum atomic E-state index is -3.90. The number of benzene rings is 1. The standard InChI is InChI=1S/C10H11F2NO4S/c1-3-13(18(2,16)17)9-6(10(14)15)4-5-7(11)8(9)12/h4-5H,3H2,1-2H3,(H,14,15). The maximum Gasteiger partial charge on any atom is 0.337 e. The van der Waals surface area contributed by atoms with Crippen molar-refractivity contribution in [1.29, 1.82) is 0 Å². The van der Waals surface area contributed by atoms with E-state index in [2.05, 4.69) is 0 Å². The Labute approximate surface area is 103 Å². The van der Waals surface area contributed by atoms with Gasteiger partial charge in [-0.3, -0.25) is 4.31 Å². The summed E-state index contributed by atoms with van der Waals surface area (Å²) in [5, 5.41) is 8.88. The molecule has 0 aliphatic rings. The Kier molecular flexibility index (Phi) is 3.90. The number of sulfonamides is 1. The summed E-state index contributed by atoms with van der Waals surface area (Å²) >= 11 is 0. The highest BCUT2D eigenvalue weighted by atomic mass is 32.2. The SMILES string of the molecule is CCN(c1c(C(=O)O)ccc(F)c1F)S(C)(=O)=O. The van der Waals surface area contributed by atoms with Crippen molar-refractivity contribution in [2.75, 3.05) is 17.1 Å². The van der Waals surface area contributed by atoms with E-state index >= 15 is 0 Å².